The maximum Gasteiger partial charge on any atom is 0.321 e. The number of carbonyl (C=O) groups is 2. The predicted molar refractivity (Wildman–Crippen MR) is 53.0 cm³/mol. The molecule has 82 valence electrons. The summed E-state index contributed by atoms with van der Waals surface area (Å²) in [6.45, 7) is -0.113. The van der Waals surface area contributed by atoms with E-state index in [9.17, 15) is 9.59 Å². The summed E-state index contributed by atoms with van der Waals surface area (Å²) in [5.74, 6) is -1.70. The van der Waals surface area contributed by atoms with Gasteiger partial charge in [0.2, 0.25) is 0 Å². The molecule has 0 aliphatic carbocycles. The zero-order valence-electron chi connectivity index (χ0n) is 7.17. The summed E-state index contributed by atoms with van der Waals surface area (Å²) < 4.78 is 9.33. The van der Waals surface area contributed by atoms with Crippen LogP contribution in [0.5, 0.6) is 0 Å². The molecule has 0 saturated heterocycles. The Bertz CT molecular complexity index is 197. The summed E-state index contributed by atoms with van der Waals surface area (Å²) in [4.78, 5) is 21.3. The highest BCUT2D eigenvalue weighted by Gasteiger charge is 2.14. The largest absolute Gasteiger partial charge is 0.461 e. The van der Waals surface area contributed by atoms with Gasteiger partial charge in [0.05, 0.1) is 5.88 Å². The van der Waals surface area contributed by atoms with Crippen LogP contribution in [0.4, 0.5) is 0 Å². The molecule has 14 heavy (non-hydrogen) atoms. The fraction of sp³-hybridized carbons (Fsp3) is 0.714. The fourth-order valence-electron chi connectivity index (χ4n) is 0.552. The van der Waals surface area contributed by atoms with Crippen LogP contribution in [-0.4, -0.2) is 42.3 Å². The van der Waals surface area contributed by atoms with E-state index in [0.29, 0.717) is 0 Å². The number of hydrogen-bond acceptors (Lipinski definition) is 4. The Labute approximate surface area is 96.4 Å². The molecule has 0 rings (SSSR count). The van der Waals surface area contributed by atoms with Gasteiger partial charge >= 0.3 is 11.9 Å². The van der Waals surface area contributed by atoms with Crippen molar-refractivity contribution in [1.29, 1.82) is 0 Å². The molecule has 0 unspecified atom stereocenters. The molecule has 0 aliphatic rings. The van der Waals surface area contributed by atoms with Crippen LogP contribution in [-0.2, 0) is 19.1 Å². The Hall–Kier alpha value is -0.190. The van der Waals surface area contributed by atoms with Crippen LogP contribution < -0.4 is 0 Å². The highest BCUT2D eigenvalue weighted by Crippen LogP contribution is 1.99. The minimum atomic E-state index is -0.685. The van der Waals surface area contributed by atoms with Gasteiger partial charge in [0.15, 0.2) is 0 Å². The van der Waals surface area contributed by atoms with Gasteiger partial charge in [0.1, 0.15) is 24.5 Å². The summed E-state index contributed by atoms with van der Waals surface area (Å²) in [6, 6.07) is 0. The zero-order chi connectivity index (χ0) is 11.0. The molecular weight excluding hydrogens is 254 g/mol. The molecule has 4 nitrogen and oxygen atoms in total. The van der Waals surface area contributed by atoms with Crippen LogP contribution in [0.1, 0.15) is 0 Å². The van der Waals surface area contributed by atoms with E-state index in [1.807, 2.05) is 0 Å². The van der Waals surface area contributed by atoms with E-state index in [1.165, 1.54) is 0 Å². The number of esters is 2. The Morgan fingerprint density at radius 1 is 1.07 bits per heavy atom. The lowest BCUT2D eigenvalue weighted by Crippen LogP contribution is -2.27. The first-order valence-electron chi connectivity index (χ1n) is 3.67. The van der Waals surface area contributed by atoms with Crippen molar-refractivity contribution in [3.8, 4) is 0 Å². The normalized spacial score (nSPS) is 11.9. The molecule has 0 N–H and O–H groups in total. The molecule has 0 radical (unpaired) electrons. The highest BCUT2D eigenvalue weighted by atomic mass is 35.5. The second-order valence-corrected chi connectivity index (χ2v) is 3.06. The average molecular weight is 264 g/mol. The molecular formula is C7H9Cl3O4. The van der Waals surface area contributed by atoms with Gasteiger partial charge < -0.3 is 9.47 Å². The molecule has 1 atom stereocenters. The molecule has 0 aromatic rings. The van der Waals surface area contributed by atoms with E-state index < -0.39 is 18.0 Å². The molecule has 0 amide bonds. The minimum Gasteiger partial charge on any atom is -0.461 e. The van der Waals surface area contributed by atoms with Gasteiger partial charge in [-0.3, -0.25) is 9.59 Å². The van der Waals surface area contributed by atoms with Gasteiger partial charge in [-0.1, -0.05) is 0 Å². The highest BCUT2D eigenvalue weighted by molar-refractivity contribution is 6.26. The summed E-state index contributed by atoms with van der Waals surface area (Å²) in [6.07, 6.45) is -0.685. The number of carbonyl (C=O) groups excluding carboxylic acids is 2. The van der Waals surface area contributed by atoms with Crippen molar-refractivity contribution in [2.24, 2.45) is 0 Å². The van der Waals surface area contributed by atoms with Crippen LogP contribution in [0, 0.1) is 0 Å². The third-order valence-electron chi connectivity index (χ3n) is 1.12. The van der Waals surface area contributed by atoms with E-state index in [-0.39, 0.29) is 24.2 Å². The zero-order valence-corrected chi connectivity index (χ0v) is 9.44. The second-order valence-electron chi connectivity index (χ2n) is 2.22. The molecule has 0 aromatic heterocycles. The summed E-state index contributed by atoms with van der Waals surface area (Å²) in [5, 5.41) is 0. The Morgan fingerprint density at radius 3 is 2.07 bits per heavy atom. The maximum absolute atomic E-state index is 10.7. The summed E-state index contributed by atoms with van der Waals surface area (Å²) in [7, 11) is 0. The Kier molecular flexibility index (Phi) is 8.04. The number of ether oxygens (including phenoxy) is 2. The van der Waals surface area contributed by atoms with Crippen LogP contribution in [0.25, 0.3) is 0 Å². The minimum absolute atomic E-state index is 0.0260. The van der Waals surface area contributed by atoms with Gasteiger partial charge in [-0.2, -0.15) is 0 Å². The predicted octanol–water partition coefficient (Wildman–Crippen LogP) is 1.16. The van der Waals surface area contributed by atoms with Crippen molar-refractivity contribution in [3.63, 3.8) is 0 Å². The summed E-state index contributed by atoms with van der Waals surface area (Å²) in [5.41, 5.74) is 0. The lowest BCUT2D eigenvalue weighted by molar-refractivity contribution is -0.154. The van der Waals surface area contributed by atoms with Crippen molar-refractivity contribution in [2.45, 2.75) is 6.10 Å². The fourth-order valence-corrected chi connectivity index (χ4v) is 0.844. The Balaban J connectivity index is 3.79. The van der Waals surface area contributed by atoms with E-state index in [2.05, 4.69) is 4.74 Å². The van der Waals surface area contributed by atoms with Crippen LogP contribution in [0.15, 0.2) is 0 Å². The monoisotopic (exact) mass is 262 g/mol. The third-order valence-corrected chi connectivity index (χ3v) is 1.90. The topological polar surface area (TPSA) is 52.6 Å². The van der Waals surface area contributed by atoms with Gasteiger partial charge in [-0.05, 0) is 0 Å². The number of alkyl halides is 3. The lowest BCUT2D eigenvalue weighted by Gasteiger charge is -2.13. The van der Waals surface area contributed by atoms with Crippen molar-refractivity contribution in [1.82, 2.24) is 0 Å². The first kappa shape index (κ1) is 13.8. The van der Waals surface area contributed by atoms with Crippen molar-refractivity contribution in [3.05, 3.63) is 0 Å². The SMILES string of the molecule is O=C(CCl)OC[C@@H](CCl)OC(=O)CCl. The van der Waals surface area contributed by atoms with E-state index in [4.69, 9.17) is 39.5 Å². The third kappa shape index (κ3) is 6.29. The molecule has 0 fully saturated rings. The lowest BCUT2D eigenvalue weighted by atomic mass is 10.4. The van der Waals surface area contributed by atoms with Gasteiger partial charge in [-0.15, -0.1) is 34.8 Å². The van der Waals surface area contributed by atoms with Crippen molar-refractivity contribution in [2.75, 3.05) is 24.2 Å². The van der Waals surface area contributed by atoms with E-state index in [1.54, 1.807) is 0 Å². The Morgan fingerprint density at radius 2 is 1.64 bits per heavy atom. The first-order valence-corrected chi connectivity index (χ1v) is 5.27. The first-order chi connectivity index (χ1) is 6.63. The standard InChI is InChI=1S/C7H9Cl3O4/c8-1-5(14-7(12)3-10)4-13-6(11)2-9/h5H,1-4H2/t5-/m1/s1. The van der Waals surface area contributed by atoms with E-state index >= 15 is 0 Å². The molecule has 0 bridgehead atoms. The smallest absolute Gasteiger partial charge is 0.321 e. The molecule has 0 saturated carbocycles. The van der Waals surface area contributed by atoms with Crippen molar-refractivity contribution >= 4 is 46.7 Å². The van der Waals surface area contributed by atoms with Gasteiger partial charge in [0.25, 0.3) is 0 Å². The number of hydrogen-bond donors (Lipinski definition) is 0. The van der Waals surface area contributed by atoms with Crippen LogP contribution in [0.2, 0.25) is 0 Å². The van der Waals surface area contributed by atoms with Gasteiger partial charge in [-0.25, -0.2) is 0 Å². The quantitative estimate of drug-likeness (QED) is 0.533. The van der Waals surface area contributed by atoms with Crippen molar-refractivity contribution < 1.29 is 19.1 Å². The van der Waals surface area contributed by atoms with Crippen LogP contribution in [0.3, 0.4) is 0 Å². The molecule has 0 aromatic carbocycles. The van der Waals surface area contributed by atoms with Gasteiger partial charge in [0, 0.05) is 0 Å². The van der Waals surface area contributed by atoms with E-state index in [0.717, 1.165) is 0 Å². The molecule has 0 spiro atoms. The number of rotatable bonds is 6. The molecule has 0 heterocycles. The van der Waals surface area contributed by atoms with Crippen LogP contribution >= 0.6 is 34.8 Å². The summed E-state index contributed by atoms with van der Waals surface area (Å²) >= 11 is 15.8. The molecule has 0 aliphatic heterocycles. The number of halogens is 3. The molecule has 7 heteroatoms. The second kappa shape index (κ2) is 8.15. The average Bonchev–Trinajstić information content (AvgIpc) is 2.22. The maximum atomic E-state index is 10.7.